The molecule has 1 unspecified atom stereocenters. The number of carbonyl (C=O) groups excluding carboxylic acids is 1. The smallest absolute Gasteiger partial charge is 0.237 e. The average molecular weight is 266 g/mol. The molecule has 1 rings (SSSR count). The molecule has 0 aromatic carbocycles. The lowest BCUT2D eigenvalue weighted by atomic mass is 9.96. The molecule has 108 valence electrons. The van der Waals surface area contributed by atoms with Gasteiger partial charge in [-0.25, -0.2) is 0 Å². The number of nitrogens with two attached hydrogens (primary N) is 1. The predicted molar refractivity (Wildman–Crippen MR) is 76.9 cm³/mol. The Morgan fingerprint density at radius 3 is 2.47 bits per heavy atom. The van der Waals surface area contributed by atoms with Crippen molar-refractivity contribution in [3.05, 3.63) is 17.0 Å². The highest BCUT2D eigenvalue weighted by molar-refractivity contribution is 5.84. The fourth-order valence-electron chi connectivity index (χ4n) is 2.03. The number of carbonyl (C=O) groups is 1. The molecule has 1 aromatic rings. The van der Waals surface area contributed by atoms with E-state index in [1.54, 1.807) is 0 Å². The Hall–Kier alpha value is -1.36. The highest BCUT2D eigenvalue weighted by Crippen LogP contribution is 2.15. The Kier molecular flexibility index (Phi) is 5.11. The number of nitrogens with one attached hydrogen (secondary N) is 1. The predicted octanol–water partition coefficient (Wildman–Crippen LogP) is 1.44. The van der Waals surface area contributed by atoms with Crippen molar-refractivity contribution in [2.75, 3.05) is 6.54 Å². The Morgan fingerprint density at radius 1 is 1.42 bits per heavy atom. The van der Waals surface area contributed by atoms with Crippen LogP contribution in [0.15, 0.2) is 0 Å². The van der Waals surface area contributed by atoms with E-state index in [0.717, 1.165) is 24.4 Å². The van der Waals surface area contributed by atoms with Gasteiger partial charge >= 0.3 is 0 Å². The van der Waals surface area contributed by atoms with Crippen molar-refractivity contribution in [1.29, 1.82) is 0 Å². The SMILES string of the molecule is CCCNC(C)(CCn1nc(C)c(C)c1C)C(N)=O. The second-order valence-corrected chi connectivity index (χ2v) is 5.39. The molecule has 5 nitrogen and oxygen atoms in total. The molecule has 0 spiro atoms. The van der Waals surface area contributed by atoms with Crippen LogP contribution in [0.2, 0.25) is 0 Å². The van der Waals surface area contributed by atoms with Crippen molar-refractivity contribution in [3.63, 3.8) is 0 Å². The molecule has 0 fully saturated rings. The molecule has 0 aliphatic carbocycles. The first kappa shape index (κ1) is 15.7. The van der Waals surface area contributed by atoms with E-state index in [9.17, 15) is 4.79 Å². The molecule has 1 heterocycles. The van der Waals surface area contributed by atoms with Gasteiger partial charge in [0.2, 0.25) is 5.91 Å². The minimum Gasteiger partial charge on any atom is -0.368 e. The zero-order chi connectivity index (χ0) is 14.6. The van der Waals surface area contributed by atoms with Gasteiger partial charge in [0.1, 0.15) is 0 Å². The summed E-state index contributed by atoms with van der Waals surface area (Å²) in [7, 11) is 0. The largest absolute Gasteiger partial charge is 0.368 e. The summed E-state index contributed by atoms with van der Waals surface area (Å²) >= 11 is 0. The molecular formula is C14H26N4O. The number of hydrogen-bond donors (Lipinski definition) is 2. The zero-order valence-electron chi connectivity index (χ0n) is 12.7. The van der Waals surface area contributed by atoms with Crippen molar-refractivity contribution in [2.45, 2.75) is 59.5 Å². The first-order valence-corrected chi connectivity index (χ1v) is 6.87. The van der Waals surface area contributed by atoms with E-state index < -0.39 is 5.54 Å². The first-order chi connectivity index (χ1) is 8.81. The van der Waals surface area contributed by atoms with Gasteiger partial charge < -0.3 is 11.1 Å². The van der Waals surface area contributed by atoms with E-state index in [-0.39, 0.29) is 5.91 Å². The van der Waals surface area contributed by atoms with Crippen molar-refractivity contribution < 1.29 is 4.79 Å². The third kappa shape index (κ3) is 3.56. The molecule has 0 saturated carbocycles. The molecule has 1 aromatic heterocycles. The lowest BCUT2D eigenvalue weighted by molar-refractivity contribution is -0.124. The lowest BCUT2D eigenvalue weighted by Crippen LogP contribution is -2.53. The van der Waals surface area contributed by atoms with Gasteiger partial charge in [-0.2, -0.15) is 5.10 Å². The maximum absolute atomic E-state index is 11.6. The number of aryl methyl sites for hydroxylation is 2. The van der Waals surface area contributed by atoms with Crippen molar-refractivity contribution >= 4 is 5.91 Å². The molecule has 0 radical (unpaired) electrons. The fraction of sp³-hybridized carbons (Fsp3) is 0.714. The monoisotopic (exact) mass is 266 g/mol. The standard InChI is InChI=1S/C14H26N4O/c1-6-8-16-14(5,13(15)19)7-9-18-12(4)10(2)11(3)17-18/h16H,6-9H2,1-5H3,(H2,15,19). The maximum atomic E-state index is 11.6. The Balaban J connectivity index is 2.76. The van der Waals surface area contributed by atoms with Gasteiger partial charge in [-0.15, -0.1) is 0 Å². The summed E-state index contributed by atoms with van der Waals surface area (Å²) in [5.74, 6) is -0.306. The number of nitrogens with zero attached hydrogens (tertiary/aromatic N) is 2. The molecule has 3 N–H and O–H groups in total. The lowest BCUT2D eigenvalue weighted by Gasteiger charge is -2.27. The van der Waals surface area contributed by atoms with Crippen LogP contribution < -0.4 is 11.1 Å². The quantitative estimate of drug-likeness (QED) is 0.784. The molecular weight excluding hydrogens is 240 g/mol. The van der Waals surface area contributed by atoms with Crippen molar-refractivity contribution in [3.8, 4) is 0 Å². The fourth-order valence-corrected chi connectivity index (χ4v) is 2.03. The Labute approximate surface area is 115 Å². The topological polar surface area (TPSA) is 72.9 Å². The molecule has 0 aliphatic heterocycles. The van der Waals surface area contributed by atoms with E-state index in [1.807, 2.05) is 18.5 Å². The van der Waals surface area contributed by atoms with Crippen LogP contribution in [0.1, 0.15) is 43.6 Å². The summed E-state index contributed by atoms with van der Waals surface area (Å²) in [6.07, 6.45) is 1.62. The number of amides is 1. The van der Waals surface area contributed by atoms with Gasteiger partial charge in [0.05, 0.1) is 11.2 Å². The van der Waals surface area contributed by atoms with Crippen LogP contribution in [-0.4, -0.2) is 27.8 Å². The minimum absolute atomic E-state index is 0.306. The third-order valence-corrected chi connectivity index (χ3v) is 3.88. The van der Waals surface area contributed by atoms with Crippen molar-refractivity contribution in [1.82, 2.24) is 15.1 Å². The summed E-state index contributed by atoms with van der Waals surface area (Å²) < 4.78 is 1.96. The van der Waals surface area contributed by atoms with E-state index in [2.05, 4.69) is 31.2 Å². The summed E-state index contributed by atoms with van der Waals surface area (Å²) in [4.78, 5) is 11.6. The number of primary amides is 1. The first-order valence-electron chi connectivity index (χ1n) is 6.87. The van der Waals surface area contributed by atoms with Crippen LogP contribution in [0.25, 0.3) is 0 Å². The summed E-state index contributed by atoms with van der Waals surface area (Å²) in [6.45, 7) is 11.5. The Bertz CT molecular complexity index is 453. The second kappa shape index (κ2) is 6.19. The average Bonchev–Trinajstić information content (AvgIpc) is 2.61. The van der Waals surface area contributed by atoms with E-state index in [1.165, 1.54) is 5.56 Å². The van der Waals surface area contributed by atoms with Crippen LogP contribution >= 0.6 is 0 Å². The third-order valence-electron chi connectivity index (χ3n) is 3.88. The highest BCUT2D eigenvalue weighted by Gasteiger charge is 2.30. The van der Waals surface area contributed by atoms with Crippen LogP contribution in [0.3, 0.4) is 0 Å². The van der Waals surface area contributed by atoms with E-state index >= 15 is 0 Å². The van der Waals surface area contributed by atoms with Gasteiger partial charge in [0, 0.05) is 12.2 Å². The van der Waals surface area contributed by atoms with Gasteiger partial charge in [-0.05, 0) is 52.6 Å². The Morgan fingerprint density at radius 2 is 2.05 bits per heavy atom. The number of aromatic nitrogens is 2. The van der Waals surface area contributed by atoms with Crippen LogP contribution in [0, 0.1) is 20.8 Å². The van der Waals surface area contributed by atoms with Gasteiger partial charge in [0.15, 0.2) is 0 Å². The minimum atomic E-state index is -0.670. The van der Waals surface area contributed by atoms with Crippen molar-refractivity contribution in [2.24, 2.45) is 5.73 Å². The van der Waals surface area contributed by atoms with E-state index in [0.29, 0.717) is 13.0 Å². The zero-order valence-corrected chi connectivity index (χ0v) is 12.7. The number of rotatable bonds is 7. The van der Waals surface area contributed by atoms with Gasteiger partial charge in [-0.1, -0.05) is 6.92 Å². The van der Waals surface area contributed by atoms with Gasteiger partial charge in [0.25, 0.3) is 0 Å². The molecule has 19 heavy (non-hydrogen) atoms. The normalized spacial score (nSPS) is 14.4. The number of hydrogen-bond acceptors (Lipinski definition) is 3. The molecule has 1 atom stereocenters. The molecule has 0 bridgehead atoms. The summed E-state index contributed by atoms with van der Waals surface area (Å²) in [6, 6.07) is 0. The second-order valence-electron chi connectivity index (χ2n) is 5.39. The van der Waals surface area contributed by atoms with E-state index in [4.69, 9.17) is 5.73 Å². The summed E-state index contributed by atoms with van der Waals surface area (Å²) in [5, 5.41) is 7.73. The van der Waals surface area contributed by atoms with Crippen LogP contribution in [-0.2, 0) is 11.3 Å². The van der Waals surface area contributed by atoms with Gasteiger partial charge in [-0.3, -0.25) is 9.48 Å². The maximum Gasteiger partial charge on any atom is 0.237 e. The molecule has 5 heteroatoms. The van der Waals surface area contributed by atoms with Crippen LogP contribution in [0.5, 0.6) is 0 Å². The molecule has 1 amide bonds. The van der Waals surface area contributed by atoms with Crippen LogP contribution in [0.4, 0.5) is 0 Å². The highest BCUT2D eigenvalue weighted by atomic mass is 16.1. The summed E-state index contributed by atoms with van der Waals surface area (Å²) in [5.41, 5.74) is 8.25. The molecule has 0 saturated heterocycles. The molecule has 0 aliphatic rings.